The smallest absolute Gasteiger partial charge is 0.266 e. The third-order valence-corrected chi connectivity index (χ3v) is 8.76. The quantitative estimate of drug-likeness (QED) is 0.276. The van der Waals surface area contributed by atoms with E-state index in [1.807, 2.05) is 55.3 Å². The van der Waals surface area contributed by atoms with Gasteiger partial charge in [0, 0.05) is 52.2 Å². The lowest BCUT2D eigenvalue weighted by molar-refractivity contribution is 0.0604. The molecule has 2 aromatic heterocycles. The van der Waals surface area contributed by atoms with Crippen molar-refractivity contribution in [2.24, 2.45) is 0 Å². The summed E-state index contributed by atoms with van der Waals surface area (Å²) in [6.45, 7) is 2.95. The molecule has 0 atom stereocenters. The highest BCUT2D eigenvalue weighted by molar-refractivity contribution is 7.21. The van der Waals surface area contributed by atoms with E-state index in [4.69, 9.17) is 16.3 Å². The second-order valence-corrected chi connectivity index (χ2v) is 10.7. The summed E-state index contributed by atoms with van der Waals surface area (Å²) in [6.07, 6.45) is 9.03. The van der Waals surface area contributed by atoms with Gasteiger partial charge < -0.3 is 15.0 Å². The second kappa shape index (κ2) is 11.6. The van der Waals surface area contributed by atoms with Gasteiger partial charge in [-0.15, -0.1) is 11.3 Å². The molecule has 8 heteroatoms. The van der Waals surface area contributed by atoms with Gasteiger partial charge in [0.2, 0.25) is 0 Å². The Balaban J connectivity index is 1.53. The Morgan fingerprint density at radius 1 is 1.16 bits per heavy atom. The first-order valence-electron chi connectivity index (χ1n) is 12.8. The number of thiophene rings is 1. The SMILES string of the molecule is CCOc1ccc(-c2cnccn2)cc1CN(C(=O)c1sc2ccccc2c1Cl)[C@H]1CC[C@H](NC)CC1. The molecule has 192 valence electrons. The molecule has 2 aromatic carbocycles. The Hall–Kier alpha value is -3.00. The van der Waals surface area contributed by atoms with E-state index >= 15 is 0 Å². The molecular formula is C29H31ClN4O2S. The van der Waals surface area contributed by atoms with Crippen molar-refractivity contribution in [3.8, 4) is 17.0 Å². The van der Waals surface area contributed by atoms with E-state index in [-0.39, 0.29) is 11.9 Å². The van der Waals surface area contributed by atoms with Crippen LogP contribution in [-0.2, 0) is 6.54 Å². The van der Waals surface area contributed by atoms with Crippen molar-refractivity contribution >= 4 is 38.9 Å². The topological polar surface area (TPSA) is 67.4 Å². The van der Waals surface area contributed by atoms with Crippen molar-refractivity contribution in [3.05, 3.63) is 76.5 Å². The molecule has 0 saturated heterocycles. The van der Waals surface area contributed by atoms with E-state index in [2.05, 4.69) is 21.4 Å². The number of carbonyl (C=O) groups excluding carboxylic acids is 1. The molecule has 0 radical (unpaired) electrons. The lowest BCUT2D eigenvalue weighted by atomic mass is 9.89. The van der Waals surface area contributed by atoms with Crippen molar-refractivity contribution in [1.29, 1.82) is 0 Å². The van der Waals surface area contributed by atoms with Crippen molar-refractivity contribution in [2.75, 3.05) is 13.7 Å². The molecule has 1 aliphatic rings. The predicted octanol–water partition coefficient (Wildman–Crippen LogP) is 6.58. The fraction of sp³-hybridized carbons (Fsp3) is 0.345. The number of ether oxygens (including phenoxy) is 1. The highest BCUT2D eigenvalue weighted by Gasteiger charge is 2.32. The first kappa shape index (κ1) is 25.6. The second-order valence-electron chi connectivity index (χ2n) is 9.31. The van der Waals surface area contributed by atoms with E-state index in [9.17, 15) is 4.79 Å². The minimum Gasteiger partial charge on any atom is -0.494 e. The number of hydrogen-bond donors (Lipinski definition) is 1. The maximum Gasteiger partial charge on any atom is 0.266 e. The minimum absolute atomic E-state index is 0.0218. The van der Waals surface area contributed by atoms with Gasteiger partial charge in [-0.1, -0.05) is 29.8 Å². The van der Waals surface area contributed by atoms with Gasteiger partial charge in [0.15, 0.2) is 0 Å². The number of nitrogens with zero attached hydrogens (tertiary/aromatic N) is 3. The van der Waals surface area contributed by atoms with Gasteiger partial charge in [-0.2, -0.15) is 0 Å². The molecule has 5 rings (SSSR count). The summed E-state index contributed by atoms with van der Waals surface area (Å²) < 4.78 is 7.02. The number of benzene rings is 2. The van der Waals surface area contributed by atoms with Gasteiger partial charge in [-0.3, -0.25) is 14.8 Å². The first-order chi connectivity index (χ1) is 18.1. The highest BCUT2D eigenvalue weighted by Crippen LogP contribution is 2.38. The van der Waals surface area contributed by atoms with Crippen molar-refractivity contribution in [3.63, 3.8) is 0 Å². The van der Waals surface area contributed by atoms with Gasteiger partial charge >= 0.3 is 0 Å². The summed E-state index contributed by atoms with van der Waals surface area (Å²) in [5.74, 6) is 0.755. The summed E-state index contributed by atoms with van der Waals surface area (Å²) in [4.78, 5) is 25.5. The highest BCUT2D eigenvalue weighted by atomic mass is 35.5. The van der Waals surface area contributed by atoms with Crippen LogP contribution in [0.25, 0.3) is 21.3 Å². The summed E-state index contributed by atoms with van der Waals surface area (Å²) in [6, 6.07) is 14.6. The largest absolute Gasteiger partial charge is 0.494 e. The van der Waals surface area contributed by atoms with Crippen molar-refractivity contribution in [1.82, 2.24) is 20.2 Å². The molecule has 6 nitrogen and oxygen atoms in total. The first-order valence-corrected chi connectivity index (χ1v) is 14.0. The maximum atomic E-state index is 14.2. The maximum absolute atomic E-state index is 14.2. The molecule has 0 unspecified atom stereocenters. The van der Waals surface area contributed by atoms with Crippen LogP contribution in [0.4, 0.5) is 0 Å². The molecule has 0 bridgehead atoms. The standard InChI is InChI=1S/C29H31ClN4O2S/c1-3-36-25-13-8-19(24-17-32-14-15-33-24)16-20(25)18-34(22-11-9-21(31-2)10-12-22)29(35)28-27(30)23-6-4-5-7-26(23)37-28/h4-8,13-17,21-22,31H,3,9-12,18H2,1-2H3/t21-,22-. The van der Waals surface area contributed by atoms with Gasteiger partial charge in [0.05, 0.1) is 23.5 Å². The number of carbonyl (C=O) groups is 1. The Morgan fingerprint density at radius 2 is 1.97 bits per heavy atom. The summed E-state index contributed by atoms with van der Waals surface area (Å²) in [5.41, 5.74) is 2.68. The lowest BCUT2D eigenvalue weighted by Crippen LogP contribution is -2.44. The van der Waals surface area contributed by atoms with Crippen LogP contribution < -0.4 is 10.1 Å². The van der Waals surface area contributed by atoms with Crippen LogP contribution >= 0.6 is 22.9 Å². The molecule has 1 aliphatic carbocycles. The molecule has 1 saturated carbocycles. The van der Waals surface area contributed by atoms with E-state index in [1.54, 1.807) is 18.6 Å². The fourth-order valence-corrected chi connectivity index (χ4v) is 6.58. The monoisotopic (exact) mass is 534 g/mol. The molecule has 37 heavy (non-hydrogen) atoms. The van der Waals surface area contributed by atoms with E-state index in [1.165, 1.54) is 11.3 Å². The third kappa shape index (κ3) is 5.49. The normalized spacial score (nSPS) is 17.6. The number of amides is 1. The zero-order valence-electron chi connectivity index (χ0n) is 21.1. The Morgan fingerprint density at radius 3 is 2.68 bits per heavy atom. The molecule has 0 spiro atoms. The number of rotatable bonds is 8. The summed E-state index contributed by atoms with van der Waals surface area (Å²) in [7, 11) is 2.01. The third-order valence-electron chi connectivity index (χ3n) is 7.10. The Kier molecular flexibility index (Phi) is 8.03. The number of nitrogens with one attached hydrogen (secondary N) is 1. The van der Waals surface area contributed by atoms with E-state index in [0.29, 0.717) is 29.1 Å². The van der Waals surface area contributed by atoms with E-state index < -0.39 is 0 Å². The fourth-order valence-electron chi connectivity index (χ4n) is 5.12. The van der Waals surface area contributed by atoms with Crippen LogP contribution in [0.2, 0.25) is 5.02 Å². The Bertz CT molecular complexity index is 1370. The molecule has 1 fully saturated rings. The number of hydrogen-bond acceptors (Lipinski definition) is 6. The van der Waals surface area contributed by atoms with Crippen LogP contribution in [0.5, 0.6) is 5.75 Å². The average molecular weight is 535 g/mol. The van der Waals surface area contributed by atoms with Crippen LogP contribution in [0.15, 0.2) is 61.1 Å². The predicted molar refractivity (Wildman–Crippen MR) is 150 cm³/mol. The zero-order valence-corrected chi connectivity index (χ0v) is 22.7. The van der Waals surface area contributed by atoms with Gasteiger partial charge in [-0.25, -0.2) is 0 Å². The number of halogens is 1. The number of aromatic nitrogens is 2. The molecule has 1 amide bonds. The molecule has 2 heterocycles. The Labute approximate surface area is 226 Å². The lowest BCUT2D eigenvalue weighted by Gasteiger charge is -2.37. The summed E-state index contributed by atoms with van der Waals surface area (Å²) >= 11 is 8.25. The van der Waals surface area contributed by atoms with Crippen LogP contribution in [0.3, 0.4) is 0 Å². The van der Waals surface area contributed by atoms with Crippen molar-refractivity contribution in [2.45, 2.75) is 51.2 Å². The molecule has 1 N–H and O–H groups in total. The molecule has 4 aromatic rings. The zero-order chi connectivity index (χ0) is 25.8. The van der Waals surface area contributed by atoms with Crippen LogP contribution in [-0.4, -0.2) is 46.5 Å². The van der Waals surface area contributed by atoms with Gasteiger partial charge in [-0.05, 0) is 63.9 Å². The van der Waals surface area contributed by atoms with Crippen molar-refractivity contribution < 1.29 is 9.53 Å². The van der Waals surface area contributed by atoms with E-state index in [0.717, 1.165) is 58.3 Å². The van der Waals surface area contributed by atoms with Crippen LogP contribution in [0, 0.1) is 0 Å². The number of fused-ring (bicyclic) bond motifs is 1. The summed E-state index contributed by atoms with van der Waals surface area (Å²) in [5, 5.41) is 4.86. The molecular weight excluding hydrogens is 504 g/mol. The minimum atomic E-state index is -0.0218. The molecule has 0 aliphatic heterocycles. The van der Waals surface area contributed by atoms with Gasteiger partial charge in [0.25, 0.3) is 5.91 Å². The average Bonchev–Trinajstić information content (AvgIpc) is 3.29. The van der Waals surface area contributed by atoms with Crippen LogP contribution in [0.1, 0.15) is 47.8 Å². The van der Waals surface area contributed by atoms with Gasteiger partial charge in [0.1, 0.15) is 10.6 Å².